The van der Waals surface area contributed by atoms with Crippen molar-refractivity contribution in [3.05, 3.63) is 35.9 Å². The second kappa shape index (κ2) is 7.83. The summed E-state index contributed by atoms with van der Waals surface area (Å²) in [5.74, 6) is 0.658. The zero-order valence-electron chi connectivity index (χ0n) is 12.5. The highest BCUT2D eigenvalue weighted by Gasteiger charge is 2.27. The van der Waals surface area contributed by atoms with E-state index < -0.39 is 0 Å². The average Bonchev–Trinajstić information content (AvgIpc) is 3.23. The highest BCUT2D eigenvalue weighted by atomic mass is 127. The lowest BCUT2D eigenvalue weighted by molar-refractivity contribution is 0.305. The molecule has 112 valence electrons. The molecule has 0 aliphatic heterocycles. The summed E-state index contributed by atoms with van der Waals surface area (Å²) in [5, 5.41) is 0. The highest BCUT2D eigenvalue weighted by molar-refractivity contribution is 14.0. The molecule has 1 fully saturated rings. The predicted molar refractivity (Wildman–Crippen MR) is 95.6 cm³/mol. The SMILES string of the molecule is CN(C)C(CN=C(N)N(C)C1CC1)c1ccccc1.I. The minimum atomic E-state index is 0. The summed E-state index contributed by atoms with van der Waals surface area (Å²) in [6.45, 7) is 0.694. The molecule has 2 N–H and O–H groups in total. The standard InChI is InChI=1S/C15H24N4.HI/c1-18(2)14(12-7-5-4-6-8-12)11-17-15(16)19(3)13-9-10-13;/h4-8,13-14H,9-11H2,1-3H3,(H2,16,17);1H. The molecule has 0 heterocycles. The maximum Gasteiger partial charge on any atom is 0.191 e. The molecule has 0 bridgehead atoms. The Labute approximate surface area is 139 Å². The number of halogens is 1. The molecule has 0 saturated heterocycles. The number of hydrogen-bond acceptors (Lipinski definition) is 2. The van der Waals surface area contributed by atoms with Gasteiger partial charge >= 0.3 is 0 Å². The Morgan fingerprint density at radius 3 is 2.35 bits per heavy atom. The monoisotopic (exact) mass is 388 g/mol. The molecular weight excluding hydrogens is 363 g/mol. The second-order valence-electron chi connectivity index (χ2n) is 5.43. The van der Waals surface area contributed by atoms with Crippen molar-refractivity contribution < 1.29 is 0 Å². The quantitative estimate of drug-likeness (QED) is 0.479. The van der Waals surface area contributed by atoms with Gasteiger partial charge in [0.05, 0.1) is 12.6 Å². The van der Waals surface area contributed by atoms with Crippen LogP contribution in [0.25, 0.3) is 0 Å². The van der Waals surface area contributed by atoms with Crippen LogP contribution in [0, 0.1) is 0 Å². The van der Waals surface area contributed by atoms with Crippen LogP contribution >= 0.6 is 24.0 Å². The molecular formula is C15H25IN4. The van der Waals surface area contributed by atoms with E-state index in [1.54, 1.807) is 0 Å². The second-order valence-corrected chi connectivity index (χ2v) is 5.43. The van der Waals surface area contributed by atoms with Crippen molar-refractivity contribution in [1.29, 1.82) is 0 Å². The van der Waals surface area contributed by atoms with Gasteiger partial charge in [-0.25, -0.2) is 0 Å². The fourth-order valence-corrected chi connectivity index (χ4v) is 2.18. The van der Waals surface area contributed by atoms with Gasteiger partial charge in [-0.2, -0.15) is 0 Å². The molecule has 1 aromatic carbocycles. The Bertz CT molecular complexity index is 429. The molecule has 1 aliphatic carbocycles. The highest BCUT2D eigenvalue weighted by Crippen LogP contribution is 2.25. The summed E-state index contributed by atoms with van der Waals surface area (Å²) in [6, 6.07) is 11.3. The maximum atomic E-state index is 6.04. The number of rotatable bonds is 5. The van der Waals surface area contributed by atoms with Gasteiger partial charge in [0, 0.05) is 13.1 Å². The van der Waals surface area contributed by atoms with Crippen LogP contribution in [0.2, 0.25) is 0 Å². The molecule has 1 aromatic rings. The first-order valence-electron chi connectivity index (χ1n) is 6.83. The maximum absolute atomic E-state index is 6.04. The van der Waals surface area contributed by atoms with Crippen molar-refractivity contribution in [2.24, 2.45) is 10.7 Å². The smallest absolute Gasteiger partial charge is 0.191 e. The number of hydrogen-bond donors (Lipinski definition) is 1. The average molecular weight is 388 g/mol. The van der Waals surface area contributed by atoms with Crippen molar-refractivity contribution in [3.63, 3.8) is 0 Å². The molecule has 0 spiro atoms. The van der Waals surface area contributed by atoms with Gasteiger partial charge in [0.25, 0.3) is 0 Å². The Balaban J connectivity index is 0.00000200. The van der Waals surface area contributed by atoms with Crippen LogP contribution in [0.15, 0.2) is 35.3 Å². The molecule has 20 heavy (non-hydrogen) atoms. The lowest BCUT2D eigenvalue weighted by Gasteiger charge is -2.24. The zero-order valence-corrected chi connectivity index (χ0v) is 14.8. The van der Waals surface area contributed by atoms with E-state index in [4.69, 9.17) is 5.73 Å². The van der Waals surface area contributed by atoms with Crippen LogP contribution in [-0.2, 0) is 0 Å². The number of benzene rings is 1. The Hall–Kier alpha value is -0.820. The van der Waals surface area contributed by atoms with Gasteiger partial charge < -0.3 is 15.5 Å². The fourth-order valence-electron chi connectivity index (χ4n) is 2.18. The number of guanidine groups is 1. The number of likely N-dealkylation sites (N-methyl/N-ethyl adjacent to an activating group) is 1. The third kappa shape index (κ3) is 4.63. The molecule has 0 amide bonds. The summed E-state index contributed by atoms with van der Waals surface area (Å²) < 4.78 is 0. The molecule has 1 atom stereocenters. The molecule has 1 aliphatic rings. The lowest BCUT2D eigenvalue weighted by atomic mass is 10.1. The van der Waals surface area contributed by atoms with Crippen LogP contribution < -0.4 is 5.73 Å². The predicted octanol–water partition coefficient (Wildman–Crippen LogP) is 2.32. The minimum Gasteiger partial charge on any atom is -0.370 e. The minimum absolute atomic E-state index is 0. The third-order valence-electron chi connectivity index (χ3n) is 3.69. The van der Waals surface area contributed by atoms with Crippen molar-refractivity contribution in [3.8, 4) is 0 Å². The molecule has 1 unspecified atom stereocenters. The van der Waals surface area contributed by atoms with Gasteiger partial charge in [-0.15, -0.1) is 24.0 Å². The van der Waals surface area contributed by atoms with Gasteiger partial charge in [0.2, 0.25) is 0 Å². The number of nitrogens with zero attached hydrogens (tertiary/aromatic N) is 3. The van der Waals surface area contributed by atoms with E-state index in [0.29, 0.717) is 18.5 Å². The summed E-state index contributed by atoms with van der Waals surface area (Å²) in [5.41, 5.74) is 7.32. The van der Waals surface area contributed by atoms with Gasteiger partial charge in [0.15, 0.2) is 5.96 Å². The van der Waals surface area contributed by atoms with Crippen LogP contribution in [0.5, 0.6) is 0 Å². The van der Waals surface area contributed by atoms with Crippen LogP contribution in [0.4, 0.5) is 0 Å². The van der Waals surface area contributed by atoms with E-state index in [1.165, 1.54) is 18.4 Å². The lowest BCUT2D eigenvalue weighted by Crippen LogP contribution is -2.36. The Morgan fingerprint density at radius 2 is 1.85 bits per heavy atom. The van der Waals surface area contributed by atoms with E-state index in [1.807, 2.05) is 13.1 Å². The largest absolute Gasteiger partial charge is 0.370 e. The molecule has 5 heteroatoms. The summed E-state index contributed by atoms with van der Waals surface area (Å²) in [7, 11) is 6.19. The van der Waals surface area contributed by atoms with Crippen molar-refractivity contribution >= 4 is 29.9 Å². The van der Waals surface area contributed by atoms with Crippen molar-refractivity contribution in [1.82, 2.24) is 9.80 Å². The zero-order chi connectivity index (χ0) is 13.8. The molecule has 2 rings (SSSR count). The van der Waals surface area contributed by atoms with Crippen molar-refractivity contribution in [2.45, 2.75) is 24.9 Å². The van der Waals surface area contributed by atoms with Crippen LogP contribution in [0.1, 0.15) is 24.4 Å². The molecule has 4 nitrogen and oxygen atoms in total. The topological polar surface area (TPSA) is 44.9 Å². The fraction of sp³-hybridized carbons (Fsp3) is 0.533. The van der Waals surface area contributed by atoms with E-state index in [2.05, 4.69) is 53.2 Å². The Morgan fingerprint density at radius 1 is 1.25 bits per heavy atom. The normalized spacial score (nSPS) is 16.7. The van der Waals surface area contributed by atoms with Gasteiger partial charge in [-0.05, 0) is 32.5 Å². The van der Waals surface area contributed by atoms with Gasteiger partial charge in [-0.3, -0.25) is 4.99 Å². The van der Waals surface area contributed by atoms with E-state index in [9.17, 15) is 0 Å². The van der Waals surface area contributed by atoms with E-state index in [0.717, 1.165) is 0 Å². The molecule has 1 saturated carbocycles. The number of nitrogens with two attached hydrogens (primary N) is 1. The van der Waals surface area contributed by atoms with E-state index >= 15 is 0 Å². The Kier molecular flexibility index (Phi) is 6.75. The summed E-state index contributed by atoms with van der Waals surface area (Å²) in [4.78, 5) is 8.84. The van der Waals surface area contributed by atoms with Crippen molar-refractivity contribution in [2.75, 3.05) is 27.7 Å². The van der Waals surface area contributed by atoms with Gasteiger partial charge in [-0.1, -0.05) is 30.3 Å². The first kappa shape index (κ1) is 17.2. The molecule has 0 radical (unpaired) electrons. The van der Waals surface area contributed by atoms with Crippen LogP contribution in [-0.4, -0.2) is 49.5 Å². The number of aliphatic imine (C=N–C) groups is 1. The molecule has 0 aromatic heterocycles. The summed E-state index contributed by atoms with van der Waals surface area (Å²) >= 11 is 0. The van der Waals surface area contributed by atoms with Crippen LogP contribution in [0.3, 0.4) is 0 Å². The first-order valence-corrected chi connectivity index (χ1v) is 6.83. The third-order valence-corrected chi connectivity index (χ3v) is 3.69. The van der Waals surface area contributed by atoms with E-state index in [-0.39, 0.29) is 30.0 Å². The van der Waals surface area contributed by atoms with Gasteiger partial charge in [0.1, 0.15) is 0 Å². The first-order chi connectivity index (χ1) is 9.09. The summed E-state index contributed by atoms with van der Waals surface area (Å²) in [6.07, 6.45) is 2.48.